The maximum absolute atomic E-state index is 13.1. The van der Waals surface area contributed by atoms with Gasteiger partial charge >= 0.3 is 5.97 Å². The van der Waals surface area contributed by atoms with Crippen molar-refractivity contribution in [1.82, 2.24) is 0 Å². The molecule has 0 spiro atoms. The van der Waals surface area contributed by atoms with Crippen molar-refractivity contribution in [2.75, 3.05) is 16.6 Å². The minimum atomic E-state index is -3.94. The number of carbonyl (C=O) groups excluding carboxylic acids is 2. The summed E-state index contributed by atoms with van der Waals surface area (Å²) in [6, 6.07) is 14.2. The Labute approximate surface area is 204 Å². The third kappa shape index (κ3) is 5.76. The molecule has 0 saturated heterocycles. The van der Waals surface area contributed by atoms with Gasteiger partial charge in [-0.05, 0) is 75.2 Å². The second-order valence-corrected chi connectivity index (χ2v) is 9.83. The van der Waals surface area contributed by atoms with Gasteiger partial charge in [-0.25, -0.2) is 13.2 Å². The van der Waals surface area contributed by atoms with Crippen LogP contribution in [0.25, 0.3) is 0 Å². The van der Waals surface area contributed by atoms with Gasteiger partial charge in [0, 0.05) is 5.56 Å². The number of benzene rings is 3. The zero-order valence-corrected chi connectivity index (χ0v) is 20.8. The number of hydrogen-bond acceptors (Lipinski definition) is 5. The zero-order valence-electron chi connectivity index (χ0n) is 19.2. The van der Waals surface area contributed by atoms with Crippen LogP contribution in [0, 0.1) is 20.8 Å². The van der Waals surface area contributed by atoms with Crippen molar-refractivity contribution in [3.05, 3.63) is 87.4 Å². The Bertz CT molecular complexity index is 1370. The van der Waals surface area contributed by atoms with Crippen LogP contribution < -0.4 is 10.0 Å². The van der Waals surface area contributed by atoms with Crippen molar-refractivity contribution in [3.8, 4) is 0 Å². The average Bonchev–Trinajstić information content (AvgIpc) is 2.77. The Kier molecular flexibility index (Phi) is 7.64. The molecule has 7 nitrogen and oxygen atoms in total. The van der Waals surface area contributed by atoms with E-state index in [-0.39, 0.29) is 33.3 Å². The first-order chi connectivity index (χ1) is 16.0. The number of hydrogen-bond donors (Lipinski definition) is 2. The third-order valence-electron chi connectivity index (χ3n) is 5.09. The number of carbonyl (C=O) groups is 2. The van der Waals surface area contributed by atoms with Gasteiger partial charge in [0.2, 0.25) is 0 Å². The lowest BCUT2D eigenvalue weighted by Crippen LogP contribution is -2.18. The Morgan fingerprint density at radius 3 is 2.21 bits per heavy atom. The summed E-state index contributed by atoms with van der Waals surface area (Å²) in [4.78, 5) is 24.7. The topological polar surface area (TPSA) is 102 Å². The lowest BCUT2D eigenvalue weighted by Gasteiger charge is -2.14. The van der Waals surface area contributed by atoms with E-state index in [1.54, 1.807) is 26.0 Å². The van der Waals surface area contributed by atoms with Crippen LogP contribution in [0.15, 0.2) is 59.5 Å². The van der Waals surface area contributed by atoms with Gasteiger partial charge in [-0.2, -0.15) is 0 Å². The van der Waals surface area contributed by atoms with Gasteiger partial charge in [0.05, 0.1) is 33.5 Å². The van der Waals surface area contributed by atoms with Crippen molar-refractivity contribution in [3.63, 3.8) is 0 Å². The molecule has 0 heterocycles. The SMILES string of the molecule is CCOC(=O)c1ccc(NC(=O)c2ccc(C)c(S(=O)(=O)Nc3ccc(C)cc3C)c2)c(Cl)c1. The summed E-state index contributed by atoms with van der Waals surface area (Å²) in [5, 5.41) is 2.80. The number of nitrogens with one attached hydrogen (secondary N) is 2. The molecule has 0 fully saturated rings. The van der Waals surface area contributed by atoms with E-state index in [1.807, 2.05) is 26.0 Å². The van der Waals surface area contributed by atoms with Crippen LogP contribution in [0.5, 0.6) is 0 Å². The van der Waals surface area contributed by atoms with Crippen LogP contribution in [0.4, 0.5) is 11.4 Å². The molecule has 9 heteroatoms. The maximum Gasteiger partial charge on any atom is 0.338 e. The largest absolute Gasteiger partial charge is 0.462 e. The zero-order chi connectivity index (χ0) is 25.0. The molecule has 178 valence electrons. The van der Waals surface area contributed by atoms with E-state index in [1.165, 1.54) is 30.3 Å². The van der Waals surface area contributed by atoms with Gasteiger partial charge in [-0.1, -0.05) is 35.4 Å². The molecule has 3 aromatic rings. The number of aryl methyl sites for hydroxylation is 3. The molecule has 0 aliphatic carbocycles. The lowest BCUT2D eigenvalue weighted by molar-refractivity contribution is 0.0526. The van der Waals surface area contributed by atoms with Gasteiger partial charge in [-0.3, -0.25) is 9.52 Å². The van der Waals surface area contributed by atoms with Gasteiger partial charge in [0.25, 0.3) is 15.9 Å². The van der Waals surface area contributed by atoms with Gasteiger partial charge in [0.15, 0.2) is 0 Å². The molecule has 0 bridgehead atoms. The van der Waals surface area contributed by atoms with Crippen LogP contribution in [0.1, 0.15) is 44.3 Å². The predicted octanol–water partition coefficient (Wildman–Crippen LogP) is 5.50. The lowest BCUT2D eigenvalue weighted by atomic mass is 10.1. The van der Waals surface area contributed by atoms with Crippen molar-refractivity contribution >= 4 is 44.9 Å². The molecule has 3 aromatic carbocycles. The standard InChI is InChI=1S/C25H25ClN2O5S/c1-5-33-25(30)19-9-11-22(20(26)13-19)27-24(29)18-8-7-16(3)23(14-18)34(31,32)28-21-10-6-15(2)12-17(21)4/h6-14,28H,5H2,1-4H3,(H,27,29). The maximum atomic E-state index is 13.1. The number of esters is 1. The smallest absolute Gasteiger partial charge is 0.338 e. The Balaban J connectivity index is 1.85. The minimum Gasteiger partial charge on any atom is -0.462 e. The number of halogens is 1. The monoisotopic (exact) mass is 500 g/mol. The highest BCUT2D eigenvalue weighted by atomic mass is 35.5. The number of rotatable bonds is 7. The third-order valence-corrected chi connectivity index (χ3v) is 6.91. The summed E-state index contributed by atoms with van der Waals surface area (Å²) in [5.74, 6) is -1.07. The predicted molar refractivity (Wildman–Crippen MR) is 133 cm³/mol. The molecular formula is C25H25ClN2O5S. The second-order valence-electron chi connectivity index (χ2n) is 7.77. The Morgan fingerprint density at radius 2 is 1.56 bits per heavy atom. The molecule has 0 aromatic heterocycles. The number of anilines is 2. The van der Waals surface area contributed by atoms with Crippen LogP contribution in [-0.4, -0.2) is 26.9 Å². The summed E-state index contributed by atoms with van der Waals surface area (Å²) >= 11 is 6.22. The summed E-state index contributed by atoms with van der Waals surface area (Å²) in [6.07, 6.45) is 0. The Morgan fingerprint density at radius 1 is 0.882 bits per heavy atom. The van der Waals surface area contributed by atoms with E-state index < -0.39 is 21.9 Å². The van der Waals surface area contributed by atoms with Crippen molar-refractivity contribution in [2.24, 2.45) is 0 Å². The van der Waals surface area contributed by atoms with E-state index >= 15 is 0 Å². The highest BCUT2D eigenvalue weighted by Gasteiger charge is 2.21. The normalized spacial score (nSPS) is 11.1. The van der Waals surface area contributed by atoms with E-state index in [4.69, 9.17) is 16.3 Å². The first-order valence-electron chi connectivity index (χ1n) is 10.5. The minimum absolute atomic E-state index is 0.0103. The van der Waals surface area contributed by atoms with Crippen LogP contribution in [0.2, 0.25) is 5.02 Å². The van der Waals surface area contributed by atoms with E-state index in [9.17, 15) is 18.0 Å². The molecule has 2 N–H and O–H groups in total. The van der Waals surface area contributed by atoms with Crippen LogP contribution >= 0.6 is 11.6 Å². The summed E-state index contributed by atoms with van der Waals surface area (Å²) < 4.78 is 33.7. The highest BCUT2D eigenvalue weighted by Crippen LogP contribution is 2.26. The molecule has 0 saturated carbocycles. The first-order valence-corrected chi connectivity index (χ1v) is 12.4. The molecule has 1 amide bonds. The fraction of sp³-hybridized carbons (Fsp3) is 0.200. The number of ether oxygens (including phenoxy) is 1. The summed E-state index contributed by atoms with van der Waals surface area (Å²) in [5.41, 5.74) is 3.43. The van der Waals surface area contributed by atoms with Crippen molar-refractivity contribution < 1.29 is 22.7 Å². The van der Waals surface area contributed by atoms with Crippen LogP contribution in [0.3, 0.4) is 0 Å². The van der Waals surface area contributed by atoms with Gasteiger partial charge in [-0.15, -0.1) is 0 Å². The van der Waals surface area contributed by atoms with Crippen molar-refractivity contribution in [1.29, 1.82) is 0 Å². The summed E-state index contributed by atoms with van der Waals surface area (Å²) in [6.45, 7) is 7.32. The molecule has 34 heavy (non-hydrogen) atoms. The number of sulfonamides is 1. The number of amides is 1. The van der Waals surface area contributed by atoms with Crippen LogP contribution in [-0.2, 0) is 14.8 Å². The first kappa shape index (κ1) is 25.3. The highest BCUT2D eigenvalue weighted by molar-refractivity contribution is 7.92. The average molecular weight is 501 g/mol. The summed E-state index contributed by atoms with van der Waals surface area (Å²) in [7, 11) is -3.94. The molecular weight excluding hydrogens is 476 g/mol. The molecule has 0 unspecified atom stereocenters. The second kappa shape index (κ2) is 10.3. The Hall–Kier alpha value is -3.36. The quantitative estimate of drug-likeness (QED) is 0.417. The van der Waals surface area contributed by atoms with E-state index in [2.05, 4.69) is 10.0 Å². The molecule has 0 aliphatic heterocycles. The van der Waals surface area contributed by atoms with E-state index in [0.717, 1.165) is 11.1 Å². The van der Waals surface area contributed by atoms with E-state index in [0.29, 0.717) is 11.3 Å². The molecule has 0 atom stereocenters. The molecule has 0 aliphatic rings. The van der Waals surface area contributed by atoms with Gasteiger partial charge in [0.1, 0.15) is 0 Å². The fourth-order valence-corrected chi connectivity index (χ4v) is 4.94. The molecule has 3 rings (SSSR count). The molecule has 0 radical (unpaired) electrons. The fourth-order valence-electron chi connectivity index (χ4n) is 3.31. The van der Waals surface area contributed by atoms with Gasteiger partial charge < -0.3 is 10.1 Å². The van der Waals surface area contributed by atoms with Crippen molar-refractivity contribution in [2.45, 2.75) is 32.6 Å².